The number of rotatable bonds is 8. The molecule has 2 nitrogen and oxygen atoms in total. The standard InChI is InChI=1S/C33H20NS.C26H30NSi.Ir/c1-2-7-22(8-3-1)24-17-18-34-31(20-24)26-14-16-32-30(19-26)29-15-13-25(21-33(29)35-32)28-12-6-10-23-9-4-5-11-27(23)28;1-28(2,3)26-19-27-25(18-24(26)16-20-10-7-8-11-20)23-15-9-14-22(17-23)21-12-5-4-6-13-21;/h1-13,15-21H;4-6,9,12-14,17-20H,7-8,10-11,16H2,1-3H3;/q2*-1;. The van der Waals surface area contributed by atoms with E-state index in [9.17, 15) is 0 Å². The van der Waals surface area contributed by atoms with E-state index < -0.39 is 8.07 Å². The SMILES string of the molecule is C[Si](C)(C)c1cnc(-c2[c-]ccc(-c3ccccc3)c2)cc1CC1CCCC1.[Ir].[c-]1cc2sc3cc(-c4cccc5ccccc45)ccc3c2cc1-c1cc(-c2ccccc2)ccn1. The number of fused-ring (bicyclic) bond motifs is 4. The van der Waals surface area contributed by atoms with Crippen LogP contribution in [-0.4, -0.2) is 18.0 Å². The first-order valence-corrected chi connectivity index (χ1v) is 26.6. The Balaban J connectivity index is 0.000000164. The zero-order valence-corrected chi connectivity index (χ0v) is 40.8. The summed E-state index contributed by atoms with van der Waals surface area (Å²) in [5, 5.41) is 6.63. The Bertz CT molecular complexity index is 3200. The molecule has 0 amide bonds. The van der Waals surface area contributed by atoms with E-state index in [0.717, 1.165) is 28.4 Å². The summed E-state index contributed by atoms with van der Waals surface area (Å²) >= 11 is 1.83. The third-order valence-electron chi connectivity index (χ3n) is 12.6. The number of hydrogen-bond donors (Lipinski definition) is 0. The molecule has 0 saturated heterocycles. The summed E-state index contributed by atoms with van der Waals surface area (Å²) in [7, 11) is -1.41. The van der Waals surface area contributed by atoms with E-state index in [1.807, 2.05) is 29.7 Å². The molecule has 1 saturated carbocycles. The van der Waals surface area contributed by atoms with Crippen LogP contribution in [-0.2, 0) is 26.5 Å². The molecule has 0 atom stereocenters. The first-order chi connectivity index (χ1) is 30.8. The maximum Gasteiger partial charge on any atom is 0.0798 e. The average Bonchev–Trinajstić information content (AvgIpc) is 3.99. The van der Waals surface area contributed by atoms with Gasteiger partial charge in [-0.1, -0.05) is 184 Å². The van der Waals surface area contributed by atoms with Gasteiger partial charge in [0, 0.05) is 37.2 Å². The van der Waals surface area contributed by atoms with Gasteiger partial charge in [-0.25, -0.2) is 0 Å². The van der Waals surface area contributed by atoms with E-state index in [-0.39, 0.29) is 20.1 Å². The molecule has 1 aliphatic rings. The van der Waals surface area contributed by atoms with Gasteiger partial charge in [0.05, 0.1) is 8.07 Å². The molecule has 5 heteroatoms. The molecule has 1 aliphatic carbocycles. The molecule has 0 spiro atoms. The van der Waals surface area contributed by atoms with Gasteiger partial charge in [0.1, 0.15) is 0 Å². The summed E-state index contributed by atoms with van der Waals surface area (Å²) in [4.78, 5) is 9.55. The topological polar surface area (TPSA) is 25.8 Å². The predicted molar refractivity (Wildman–Crippen MR) is 272 cm³/mol. The Kier molecular flexibility index (Phi) is 13.0. The number of thiophene rings is 1. The number of aromatic nitrogens is 2. The Morgan fingerprint density at radius 1 is 0.562 bits per heavy atom. The van der Waals surface area contributed by atoms with Crippen LogP contribution in [0.2, 0.25) is 19.6 Å². The molecular weight excluding hydrogens is 989 g/mol. The monoisotopic (exact) mass is 1040 g/mol. The Morgan fingerprint density at radius 3 is 2.02 bits per heavy atom. The number of pyridine rings is 2. The molecule has 64 heavy (non-hydrogen) atoms. The summed E-state index contributed by atoms with van der Waals surface area (Å²) in [5.74, 6) is 0.852. The number of hydrogen-bond acceptors (Lipinski definition) is 3. The van der Waals surface area contributed by atoms with E-state index >= 15 is 0 Å². The number of nitrogens with zero attached hydrogens (tertiary/aromatic N) is 2. The van der Waals surface area contributed by atoms with Crippen molar-refractivity contribution >= 4 is 55.5 Å². The van der Waals surface area contributed by atoms with Gasteiger partial charge in [0.2, 0.25) is 0 Å². The third kappa shape index (κ3) is 9.36. The van der Waals surface area contributed by atoms with Gasteiger partial charge < -0.3 is 9.97 Å². The summed E-state index contributed by atoms with van der Waals surface area (Å²) in [5.41, 5.74) is 13.0. The minimum atomic E-state index is -1.41. The van der Waals surface area contributed by atoms with Gasteiger partial charge in [-0.3, -0.25) is 0 Å². The molecule has 0 N–H and O–H groups in total. The molecule has 0 aliphatic heterocycles. The quantitative estimate of drug-likeness (QED) is 0.112. The van der Waals surface area contributed by atoms with Crippen molar-refractivity contribution in [2.45, 2.75) is 51.7 Å². The second-order valence-electron chi connectivity index (χ2n) is 17.9. The van der Waals surface area contributed by atoms with Crippen LogP contribution in [0.3, 0.4) is 0 Å². The van der Waals surface area contributed by atoms with Gasteiger partial charge in [-0.15, -0.1) is 59.2 Å². The molecule has 0 bridgehead atoms. The van der Waals surface area contributed by atoms with Crippen molar-refractivity contribution in [3.8, 4) is 55.9 Å². The molecule has 7 aromatic carbocycles. The predicted octanol–water partition coefficient (Wildman–Crippen LogP) is 15.9. The van der Waals surface area contributed by atoms with E-state index in [1.54, 1.807) is 0 Å². The Morgan fingerprint density at radius 2 is 1.25 bits per heavy atom. The van der Waals surface area contributed by atoms with Gasteiger partial charge in [0.25, 0.3) is 0 Å². The summed E-state index contributed by atoms with van der Waals surface area (Å²) in [6.07, 6.45) is 10.9. The maximum absolute atomic E-state index is 4.89. The van der Waals surface area contributed by atoms with Crippen LogP contribution in [0.25, 0.3) is 86.8 Å². The van der Waals surface area contributed by atoms with E-state index in [1.165, 1.54) is 107 Å². The molecule has 3 aromatic heterocycles. The maximum atomic E-state index is 4.89. The summed E-state index contributed by atoms with van der Waals surface area (Å²) in [6, 6.07) is 67.2. The minimum Gasteiger partial charge on any atom is -0.305 e. The van der Waals surface area contributed by atoms with Crippen molar-refractivity contribution in [2.75, 3.05) is 0 Å². The normalized spacial score (nSPS) is 12.9. The second-order valence-corrected chi connectivity index (χ2v) is 24.1. The van der Waals surface area contributed by atoms with Crippen molar-refractivity contribution < 1.29 is 20.1 Å². The molecule has 317 valence electrons. The fourth-order valence-electron chi connectivity index (χ4n) is 9.34. The average molecular weight is 1040 g/mol. The van der Waals surface area contributed by atoms with Crippen LogP contribution in [0, 0.1) is 18.1 Å². The van der Waals surface area contributed by atoms with Crippen LogP contribution >= 0.6 is 11.3 Å². The van der Waals surface area contributed by atoms with E-state index in [2.05, 4.69) is 201 Å². The second kappa shape index (κ2) is 19.1. The molecule has 3 heterocycles. The zero-order valence-electron chi connectivity index (χ0n) is 36.6. The molecule has 11 rings (SSSR count). The number of benzene rings is 7. The van der Waals surface area contributed by atoms with Gasteiger partial charge in [-0.05, 0) is 89.7 Å². The van der Waals surface area contributed by atoms with Crippen LogP contribution in [0.15, 0.2) is 182 Å². The summed E-state index contributed by atoms with van der Waals surface area (Å²) < 4.78 is 2.54. The van der Waals surface area contributed by atoms with Crippen molar-refractivity contribution in [3.63, 3.8) is 0 Å². The van der Waals surface area contributed by atoms with Gasteiger partial charge >= 0.3 is 0 Å². The molecule has 0 unspecified atom stereocenters. The van der Waals surface area contributed by atoms with Crippen molar-refractivity contribution in [1.29, 1.82) is 0 Å². The van der Waals surface area contributed by atoms with Crippen LogP contribution in [0.5, 0.6) is 0 Å². The fraction of sp³-hybridized carbons (Fsp3) is 0.153. The van der Waals surface area contributed by atoms with Gasteiger partial charge in [-0.2, -0.15) is 11.3 Å². The minimum absolute atomic E-state index is 0. The molecular formula is C59H50IrN2SSi-2. The Hall–Kier alpha value is -5.81. The first-order valence-electron chi connectivity index (χ1n) is 22.3. The first kappa shape index (κ1) is 43.4. The summed E-state index contributed by atoms with van der Waals surface area (Å²) in [6.45, 7) is 7.30. The smallest absolute Gasteiger partial charge is 0.0798 e. The largest absolute Gasteiger partial charge is 0.305 e. The zero-order chi connectivity index (χ0) is 42.8. The van der Waals surface area contributed by atoms with Crippen molar-refractivity contribution in [2.24, 2.45) is 5.92 Å². The van der Waals surface area contributed by atoms with Crippen molar-refractivity contribution in [1.82, 2.24) is 9.97 Å². The van der Waals surface area contributed by atoms with Crippen LogP contribution < -0.4 is 5.19 Å². The third-order valence-corrected chi connectivity index (χ3v) is 15.8. The molecule has 10 aromatic rings. The van der Waals surface area contributed by atoms with Crippen molar-refractivity contribution in [3.05, 3.63) is 200 Å². The van der Waals surface area contributed by atoms with Crippen LogP contribution in [0.4, 0.5) is 0 Å². The molecule has 1 radical (unpaired) electrons. The van der Waals surface area contributed by atoms with Gasteiger partial charge in [0.15, 0.2) is 0 Å². The Labute approximate surface area is 396 Å². The van der Waals surface area contributed by atoms with Crippen LogP contribution in [0.1, 0.15) is 31.2 Å². The molecule has 1 fully saturated rings. The van der Waals surface area contributed by atoms with E-state index in [0.29, 0.717) is 0 Å². The van der Waals surface area contributed by atoms with E-state index in [4.69, 9.17) is 4.98 Å². The fourth-order valence-corrected chi connectivity index (χ4v) is 12.0.